The third kappa shape index (κ3) is 3.39. The molecule has 5 heteroatoms. The Morgan fingerprint density at radius 3 is 2.69 bits per heavy atom. The predicted molar refractivity (Wildman–Crippen MR) is 108 cm³/mol. The van der Waals surface area contributed by atoms with Crippen LogP contribution < -0.4 is 5.32 Å². The van der Waals surface area contributed by atoms with E-state index in [2.05, 4.69) is 36.5 Å². The summed E-state index contributed by atoms with van der Waals surface area (Å²) in [7, 11) is 0. The van der Waals surface area contributed by atoms with Crippen LogP contribution in [0.2, 0.25) is 0 Å². The van der Waals surface area contributed by atoms with E-state index in [-0.39, 0.29) is 6.04 Å². The molecule has 1 N–H and O–H groups in total. The van der Waals surface area contributed by atoms with E-state index in [9.17, 15) is 0 Å². The lowest BCUT2D eigenvalue weighted by atomic mass is 9.99. The van der Waals surface area contributed by atoms with Crippen molar-refractivity contribution in [2.45, 2.75) is 19.4 Å². The van der Waals surface area contributed by atoms with Crippen LogP contribution in [0.4, 0.5) is 5.69 Å². The second kappa shape index (κ2) is 7.14. The lowest BCUT2D eigenvalue weighted by molar-refractivity contribution is 0.375. The van der Waals surface area contributed by atoms with Crippen molar-refractivity contribution in [1.29, 1.82) is 0 Å². The van der Waals surface area contributed by atoms with E-state index in [0.29, 0.717) is 5.11 Å². The summed E-state index contributed by atoms with van der Waals surface area (Å²) in [5, 5.41) is 10.5. The van der Waals surface area contributed by atoms with Gasteiger partial charge in [0.15, 0.2) is 5.11 Å². The average Bonchev–Trinajstić information content (AvgIpc) is 3.32. The minimum absolute atomic E-state index is 0.0405. The highest BCUT2D eigenvalue weighted by atomic mass is 32.1. The first kappa shape index (κ1) is 16.5. The number of hydrogen-bond donors (Lipinski definition) is 1. The number of para-hydroxylation sites is 1. The lowest BCUT2D eigenvalue weighted by Gasteiger charge is -2.25. The van der Waals surface area contributed by atoms with Crippen molar-refractivity contribution in [1.82, 2.24) is 5.01 Å². The highest BCUT2D eigenvalue weighted by molar-refractivity contribution is 7.80. The van der Waals surface area contributed by atoms with Gasteiger partial charge >= 0.3 is 0 Å². The summed E-state index contributed by atoms with van der Waals surface area (Å²) < 4.78 is 5.55. The van der Waals surface area contributed by atoms with Crippen LogP contribution in [0, 0.1) is 6.92 Å². The molecule has 3 aromatic rings. The molecule has 0 saturated carbocycles. The summed E-state index contributed by atoms with van der Waals surface area (Å²) in [5.41, 5.74) is 4.25. The fourth-order valence-electron chi connectivity index (χ4n) is 3.13. The summed E-state index contributed by atoms with van der Waals surface area (Å²) in [6.45, 7) is 2.09. The zero-order chi connectivity index (χ0) is 17.9. The number of rotatable bonds is 3. The molecule has 1 aromatic heterocycles. The number of aryl methyl sites for hydroxylation is 1. The molecule has 2 heterocycles. The second-order valence-electron chi connectivity index (χ2n) is 6.30. The highest BCUT2D eigenvalue weighted by Crippen LogP contribution is 2.33. The smallest absolute Gasteiger partial charge is 0.194 e. The number of nitrogens with one attached hydrogen (secondary N) is 1. The first-order valence-electron chi connectivity index (χ1n) is 8.54. The van der Waals surface area contributed by atoms with Gasteiger partial charge in [-0.2, -0.15) is 5.10 Å². The topological polar surface area (TPSA) is 40.8 Å². The van der Waals surface area contributed by atoms with Crippen molar-refractivity contribution in [3.05, 3.63) is 89.9 Å². The van der Waals surface area contributed by atoms with Crippen LogP contribution in [-0.2, 0) is 0 Å². The predicted octanol–water partition coefficient (Wildman–Crippen LogP) is 5.14. The molecular formula is C21H19N3OS. The van der Waals surface area contributed by atoms with E-state index in [1.807, 2.05) is 47.5 Å². The van der Waals surface area contributed by atoms with Gasteiger partial charge in [0.25, 0.3) is 0 Å². The Kier molecular flexibility index (Phi) is 4.54. The van der Waals surface area contributed by atoms with Gasteiger partial charge in [-0.1, -0.05) is 48.0 Å². The first-order valence-corrected chi connectivity index (χ1v) is 8.95. The zero-order valence-electron chi connectivity index (χ0n) is 14.4. The van der Waals surface area contributed by atoms with Crippen molar-refractivity contribution in [3.63, 3.8) is 0 Å². The summed E-state index contributed by atoms with van der Waals surface area (Å²) in [5.74, 6) is 0.785. The molecule has 0 fully saturated rings. The molecule has 1 aliphatic heterocycles. The van der Waals surface area contributed by atoms with Crippen LogP contribution in [0.1, 0.15) is 29.3 Å². The standard InChI is InChI=1S/C21H19N3OS/c1-15-7-5-8-16(13-15)19-14-18(20-11-6-12-25-20)23-24(19)21(26)22-17-9-3-2-4-10-17/h2-13,19H,14H2,1H3,(H,22,26). The van der Waals surface area contributed by atoms with Gasteiger partial charge in [-0.05, 0) is 49.0 Å². The molecule has 1 atom stereocenters. The number of nitrogens with zero attached hydrogens (tertiary/aromatic N) is 2. The minimum atomic E-state index is 0.0405. The van der Waals surface area contributed by atoms with Crippen LogP contribution >= 0.6 is 12.2 Å². The maximum Gasteiger partial charge on any atom is 0.194 e. The number of hydrogen-bond acceptors (Lipinski definition) is 3. The molecule has 2 aromatic carbocycles. The van der Waals surface area contributed by atoms with E-state index >= 15 is 0 Å². The van der Waals surface area contributed by atoms with Crippen molar-refractivity contribution in [2.75, 3.05) is 5.32 Å². The second-order valence-corrected chi connectivity index (χ2v) is 6.69. The maximum atomic E-state index is 5.67. The van der Waals surface area contributed by atoms with E-state index in [1.165, 1.54) is 11.1 Å². The van der Waals surface area contributed by atoms with E-state index in [0.717, 1.165) is 23.6 Å². The SMILES string of the molecule is Cc1cccc(C2CC(c3ccco3)=NN2C(=S)Nc2ccccc2)c1. The first-order chi connectivity index (χ1) is 12.7. The molecule has 0 bridgehead atoms. The Labute approximate surface area is 158 Å². The normalized spacial score (nSPS) is 16.4. The molecule has 0 saturated heterocycles. The summed E-state index contributed by atoms with van der Waals surface area (Å²) in [4.78, 5) is 0. The van der Waals surface area contributed by atoms with E-state index in [1.54, 1.807) is 6.26 Å². The van der Waals surface area contributed by atoms with Crippen LogP contribution in [0.3, 0.4) is 0 Å². The van der Waals surface area contributed by atoms with Gasteiger partial charge in [0.2, 0.25) is 0 Å². The Bertz CT molecular complexity index is 935. The molecule has 0 radical (unpaired) electrons. The molecule has 0 aliphatic carbocycles. The molecule has 0 spiro atoms. The molecule has 130 valence electrons. The van der Waals surface area contributed by atoms with Crippen LogP contribution in [-0.4, -0.2) is 15.8 Å². The van der Waals surface area contributed by atoms with Gasteiger partial charge in [-0.3, -0.25) is 0 Å². The number of benzene rings is 2. The Hall–Kier alpha value is -2.92. The molecule has 0 amide bonds. The summed E-state index contributed by atoms with van der Waals surface area (Å²) in [6, 6.07) is 22.2. The molecule has 26 heavy (non-hydrogen) atoms. The van der Waals surface area contributed by atoms with E-state index < -0.39 is 0 Å². The fraction of sp³-hybridized carbons (Fsp3) is 0.143. The summed E-state index contributed by atoms with van der Waals surface area (Å²) >= 11 is 5.67. The third-order valence-corrected chi connectivity index (χ3v) is 4.67. The lowest BCUT2D eigenvalue weighted by Crippen LogP contribution is -2.31. The zero-order valence-corrected chi connectivity index (χ0v) is 15.2. The Morgan fingerprint density at radius 1 is 1.12 bits per heavy atom. The van der Waals surface area contributed by atoms with Gasteiger partial charge in [-0.15, -0.1) is 0 Å². The van der Waals surface area contributed by atoms with Gasteiger partial charge in [0.05, 0.1) is 12.3 Å². The minimum Gasteiger partial charge on any atom is -0.463 e. The molecule has 4 nitrogen and oxygen atoms in total. The van der Waals surface area contributed by atoms with Crippen molar-refractivity contribution in [3.8, 4) is 0 Å². The van der Waals surface area contributed by atoms with Gasteiger partial charge in [-0.25, -0.2) is 5.01 Å². The van der Waals surface area contributed by atoms with Gasteiger partial charge in [0.1, 0.15) is 11.5 Å². The number of furan rings is 1. The maximum absolute atomic E-state index is 5.67. The monoisotopic (exact) mass is 361 g/mol. The number of anilines is 1. The Balaban J connectivity index is 1.65. The molecule has 1 aliphatic rings. The van der Waals surface area contributed by atoms with Crippen molar-refractivity contribution >= 4 is 28.7 Å². The number of thiocarbonyl (C=S) groups is 1. The van der Waals surface area contributed by atoms with Crippen LogP contribution in [0.25, 0.3) is 0 Å². The molecule has 1 unspecified atom stereocenters. The van der Waals surface area contributed by atoms with Crippen molar-refractivity contribution in [2.24, 2.45) is 5.10 Å². The largest absolute Gasteiger partial charge is 0.463 e. The van der Waals surface area contributed by atoms with Crippen LogP contribution in [0.5, 0.6) is 0 Å². The molecular weight excluding hydrogens is 342 g/mol. The molecule has 4 rings (SSSR count). The average molecular weight is 361 g/mol. The van der Waals surface area contributed by atoms with Crippen molar-refractivity contribution < 1.29 is 4.42 Å². The van der Waals surface area contributed by atoms with E-state index in [4.69, 9.17) is 21.7 Å². The van der Waals surface area contributed by atoms with Gasteiger partial charge < -0.3 is 9.73 Å². The van der Waals surface area contributed by atoms with Gasteiger partial charge in [0, 0.05) is 12.1 Å². The summed E-state index contributed by atoms with van der Waals surface area (Å²) in [6.07, 6.45) is 2.41. The third-order valence-electron chi connectivity index (χ3n) is 4.38. The van der Waals surface area contributed by atoms with Crippen LogP contribution in [0.15, 0.2) is 82.5 Å². The Morgan fingerprint density at radius 2 is 1.96 bits per heavy atom. The quantitative estimate of drug-likeness (QED) is 0.656. The number of hydrazone groups is 1. The fourth-order valence-corrected chi connectivity index (χ4v) is 3.41. The highest BCUT2D eigenvalue weighted by Gasteiger charge is 2.32.